The van der Waals surface area contributed by atoms with Gasteiger partial charge < -0.3 is 4.90 Å². The summed E-state index contributed by atoms with van der Waals surface area (Å²) in [5.74, 6) is -0.451. The molecule has 0 radical (unpaired) electrons. The molecule has 0 atom stereocenters. The fourth-order valence-corrected chi connectivity index (χ4v) is 4.94. The lowest BCUT2D eigenvalue weighted by Gasteiger charge is -2.31. The van der Waals surface area contributed by atoms with E-state index in [4.69, 9.17) is 12.2 Å². The highest BCUT2D eigenvalue weighted by Gasteiger charge is 2.30. The summed E-state index contributed by atoms with van der Waals surface area (Å²) in [6.07, 6.45) is 1.88. The van der Waals surface area contributed by atoms with Gasteiger partial charge in [0, 0.05) is 6.20 Å². The number of pyridine rings is 1. The Kier molecular flexibility index (Phi) is 4.81. The SMILES string of the molecule is O=S(=O)(c1ccc(F)cc1)N1CC[NH+](Cn2nc3ccccn3c2=S)CC1. The van der Waals surface area contributed by atoms with E-state index in [1.165, 1.54) is 33.5 Å². The number of hydrogen-bond donors (Lipinski definition) is 1. The number of piperazine rings is 1. The molecule has 0 amide bonds. The summed E-state index contributed by atoms with van der Waals surface area (Å²) in [5.41, 5.74) is 0.791. The summed E-state index contributed by atoms with van der Waals surface area (Å²) in [4.78, 5) is 1.33. The van der Waals surface area contributed by atoms with Gasteiger partial charge in [0.2, 0.25) is 14.8 Å². The van der Waals surface area contributed by atoms with Crippen molar-refractivity contribution >= 4 is 27.9 Å². The standard InChI is InChI=1S/C17H18FN5O2S2/c18-14-4-6-15(7-5-14)27(24,25)21-11-9-20(10-12-21)13-23-17(26)22-8-2-1-3-16(22)19-23/h1-8H,9-13H2/p+1. The number of hydrogen-bond acceptors (Lipinski definition) is 4. The largest absolute Gasteiger partial charge is 0.314 e. The van der Waals surface area contributed by atoms with E-state index in [2.05, 4.69) is 5.10 Å². The van der Waals surface area contributed by atoms with Crippen molar-refractivity contribution in [3.8, 4) is 0 Å². The first kappa shape index (κ1) is 18.2. The van der Waals surface area contributed by atoms with E-state index in [0.717, 1.165) is 5.65 Å². The van der Waals surface area contributed by atoms with Gasteiger partial charge in [0.05, 0.1) is 31.1 Å². The van der Waals surface area contributed by atoms with Crippen LogP contribution in [0.2, 0.25) is 0 Å². The maximum atomic E-state index is 13.1. The highest BCUT2D eigenvalue weighted by Crippen LogP contribution is 2.16. The topological polar surface area (TPSA) is 64.0 Å². The maximum Gasteiger partial charge on any atom is 0.243 e. The number of aromatic nitrogens is 3. The van der Waals surface area contributed by atoms with E-state index in [9.17, 15) is 12.8 Å². The molecular weight excluding hydrogens is 389 g/mol. The molecule has 1 fully saturated rings. The van der Waals surface area contributed by atoms with Gasteiger partial charge in [-0.05, 0) is 48.6 Å². The average Bonchev–Trinajstić information content (AvgIpc) is 2.98. The number of fused-ring (bicyclic) bond motifs is 1. The van der Waals surface area contributed by atoms with Crippen LogP contribution in [0.25, 0.3) is 5.65 Å². The van der Waals surface area contributed by atoms with Crippen molar-refractivity contribution < 1.29 is 17.7 Å². The van der Waals surface area contributed by atoms with E-state index >= 15 is 0 Å². The molecule has 1 saturated heterocycles. The van der Waals surface area contributed by atoms with Crippen LogP contribution < -0.4 is 4.90 Å². The lowest BCUT2D eigenvalue weighted by molar-refractivity contribution is -0.926. The number of quaternary nitrogens is 1. The molecule has 1 aromatic carbocycles. The molecule has 0 bridgehead atoms. The van der Waals surface area contributed by atoms with E-state index in [0.29, 0.717) is 37.6 Å². The number of halogens is 1. The average molecular weight is 409 g/mol. The van der Waals surface area contributed by atoms with Crippen molar-refractivity contribution in [1.29, 1.82) is 0 Å². The zero-order chi connectivity index (χ0) is 19.0. The molecule has 1 aliphatic heterocycles. The third-order valence-corrected chi connectivity index (χ3v) is 7.06. The zero-order valence-corrected chi connectivity index (χ0v) is 16.1. The number of rotatable bonds is 4. The first-order valence-corrected chi connectivity index (χ1v) is 10.4. The molecule has 4 rings (SSSR count). The lowest BCUT2D eigenvalue weighted by atomic mass is 10.4. The number of sulfonamides is 1. The van der Waals surface area contributed by atoms with Gasteiger partial charge in [-0.25, -0.2) is 12.8 Å². The minimum absolute atomic E-state index is 0.120. The normalized spacial score (nSPS) is 16.8. The fourth-order valence-electron chi connectivity index (χ4n) is 3.24. The molecule has 3 heterocycles. The first-order chi connectivity index (χ1) is 12.9. The fraction of sp³-hybridized carbons (Fsp3) is 0.294. The molecule has 0 spiro atoms. The van der Waals surface area contributed by atoms with E-state index in [1.54, 1.807) is 4.68 Å². The minimum atomic E-state index is -3.60. The molecular formula is C17H19FN5O2S2+. The summed E-state index contributed by atoms with van der Waals surface area (Å²) in [6, 6.07) is 10.7. The Hall–Kier alpha value is -2.14. The van der Waals surface area contributed by atoms with Crippen LogP contribution in [0.4, 0.5) is 4.39 Å². The predicted molar refractivity (Wildman–Crippen MR) is 99.9 cm³/mol. The maximum absolute atomic E-state index is 13.1. The van der Waals surface area contributed by atoms with Crippen molar-refractivity contribution in [3.05, 3.63) is 59.2 Å². The van der Waals surface area contributed by atoms with Gasteiger partial charge >= 0.3 is 0 Å². The van der Waals surface area contributed by atoms with Crippen molar-refractivity contribution in [3.63, 3.8) is 0 Å². The summed E-state index contributed by atoms with van der Waals surface area (Å²) in [5, 5.41) is 4.52. The third kappa shape index (κ3) is 3.53. The van der Waals surface area contributed by atoms with Crippen molar-refractivity contribution in [1.82, 2.24) is 18.5 Å². The molecule has 1 N–H and O–H groups in total. The van der Waals surface area contributed by atoms with Crippen LogP contribution in [0.15, 0.2) is 53.6 Å². The molecule has 142 valence electrons. The Morgan fingerprint density at radius 1 is 1.11 bits per heavy atom. The van der Waals surface area contributed by atoms with Gasteiger partial charge in [0.15, 0.2) is 12.3 Å². The Labute approximate surface area is 161 Å². The molecule has 7 nitrogen and oxygen atoms in total. The van der Waals surface area contributed by atoms with Crippen molar-refractivity contribution in [2.45, 2.75) is 11.6 Å². The monoisotopic (exact) mass is 408 g/mol. The molecule has 0 unspecified atom stereocenters. The van der Waals surface area contributed by atoms with Gasteiger partial charge in [0.25, 0.3) is 0 Å². The second-order valence-electron chi connectivity index (χ2n) is 6.48. The Bertz CT molecular complexity index is 1120. The van der Waals surface area contributed by atoms with Crippen LogP contribution >= 0.6 is 12.2 Å². The summed E-state index contributed by atoms with van der Waals surface area (Å²) < 4.78 is 44.1. The van der Waals surface area contributed by atoms with Crippen LogP contribution in [-0.4, -0.2) is 53.1 Å². The number of nitrogens with one attached hydrogen (secondary N) is 1. The highest BCUT2D eigenvalue weighted by atomic mass is 32.2. The molecule has 27 heavy (non-hydrogen) atoms. The minimum Gasteiger partial charge on any atom is -0.314 e. The second kappa shape index (κ2) is 7.12. The zero-order valence-electron chi connectivity index (χ0n) is 14.5. The first-order valence-electron chi connectivity index (χ1n) is 8.59. The Morgan fingerprint density at radius 3 is 2.48 bits per heavy atom. The molecule has 10 heteroatoms. The molecule has 0 saturated carbocycles. The van der Waals surface area contributed by atoms with Crippen LogP contribution in [-0.2, 0) is 16.7 Å². The van der Waals surface area contributed by atoms with Gasteiger partial charge in [-0.3, -0.25) is 4.40 Å². The van der Waals surface area contributed by atoms with E-state index in [-0.39, 0.29) is 4.90 Å². The predicted octanol–water partition coefficient (Wildman–Crippen LogP) is 0.551. The third-order valence-electron chi connectivity index (χ3n) is 4.74. The number of benzene rings is 1. The van der Waals surface area contributed by atoms with Crippen LogP contribution in [0.5, 0.6) is 0 Å². The van der Waals surface area contributed by atoms with Crippen LogP contribution in [0, 0.1) is 10.6 Å². The number of nitrogens with zero attached hydrogens (tertiary/aromatic N) is 4. The molecule has 0 aliphatic carbocycles. The van der Waals surface area contributed by atoms with Gasteiger partial charge in [-0.1, -0.05) is 6.07 Å². The quantitative estimate of drug-likeness (QED) is 0.641. The highest BCUT2D eigenvalue weighted by molar-refractivity contribution is 7.89. The Morgan fingerprint density at radius 2 is 1.81 bits per heavy atom. The van der Waals surface area contributed by atoms with Gasteiger partial charge in [-0.2, -0.15) is 8.99 Å². The molecule has 2 aromatic heterocycles. The smallest absolute Gasteiger partial charge is 0.243 e. The Balaban J connectivity index is 1.45. The van der Waals surface area contributed by atoms with Crippen molar-refractivity contribution in [2.24, 2.45) is 0 Å². The van der Waals surface area contributed by atoms with Gasteiger partial charge in [-0.15, -0.1) is 5.10 Å². The molecule has 3 aromatic rings. The van der Waals surface area contributed by atoms with Crippen LogP contribution in [0.3, 0.4) is 0 Å². The van der Waals surface area contributed by atoms with Gasteiger partial charge in [0.1, 0.15) is 5.82 Å². The molecule has 1 aliphatic rings. The van der Waals surface area contributed by atoms with Crippen molar-refractivity contribution in [2.75, 3.05) is 26.2 Å². The second-order valence-corrected chi connectivity index (χ2v) is 8.78. The van der Waals surface area contributed by atoms with E-state index < -0.39 is 15.8 Å². The summed E-state index contributed by atoms with van der Waals surface area (Å²) >= 11 is 5.47. The van der Waals surface area contributed by atoms with E-state index in [1.807, 2.05) is 28.8 Å². The van der Waals surface area contributed by atoms with Crippen LogP contribution in [0.1, 0.15) is 0 Å². The summed E-state index contributed by atoms with van der Waals surface area (Å²) in [7, 11) is -3.60. The lowest BCUT2D eigenvalue weighted by Crippen LogP contribution is -3.14. The summed E-state index contributed by atoms with van der Waals surface area (Å²) in [6.45, 7) is 2.68.